The van der Waals surface area contributed by atoms with Gasteiger partial charge in [0, 0.05) is 28.2 Å². The summed E-state index contributed by atoms with van der Waals surface area (Å²) < 4.78 is 2.25. The number of aryl methyl sites for hydroxylation is 1. The quantitative estimate of drug-likeness (QED) is 0.425. The maximum Gasteiger partial charge on any atom is 0.164 e. The third kappa shape index (κ3) is 1.78. The highest BCUT2D eigenvalue weighted by molar-refractivity contribution is 6.00. The summed E-state index contributed by atoms with van der Waals surface area (Å²) in [5, 5.41) is 3.58. The Morgan fingerprint density at radius 2 is 1.67 bits per heavy atom. The van der Waals surface area contributed by atoms with Crippen molar-refractivity contribution >= 4 is 27.3 Å². The molecule has 0 fully saturated rings. The van der Waals surface area contributed by atoms with Crippen LogP contribution in [0.2, 0.25) is 0 Å². The van der Waals surface area contributed by atoms with Gasteiger partial charge in [-0.2, -0.15) is 0 Å². The van der Waals surface area contributed by atoms with Crippen LogP contribution in [0.25, 0.3) is 38.7 Å². The van der Waals surface area contributed by atoms with Gasteiger partial charge >= 0.3 is 0 Å². The number of rotatable bonds is 2. The van der Waals surface area contributed by atoms with Crippen molar-refractivity contribution in [1.82, 2.24) is 14.4 Å². The Morgan fingerprint density at radius 3 is 2.54 bits per heavy atom. The van der Waals surface area contributed by atoms with Gasteiger partial charge in [0.05, 0.1) is 5.52 Å². The fourth-order valence-electron chi connectivity index (χ4n) is 3.67. The van der Waals surface area contributed by atoms with Gasteiger partial charge in [0.15, 0.2) is 5.82 Å². The van der Waals surface area contributed by atoms with Gasteiger partial charge in [-0.3, -0.25) is 0 Å². The van der Waals surface area contributed by atoms with E-state index in [0.29, 0.717) is 0 Å². The monoisotopic (exact) mass is 311 g/mol. The van der Waals surface area contributed by atoms with E-state index in [4.69, 9.17) is 9.97 Å². The zero-order chi connectivity index (χ0) is 16.1. The van der Waals surface area contributed by atoms with Gasteiger partial charge in [0.2, 0.25) is 0 Å². The van der Waals surface area contributed by atoms with Crippen LogP contribution in [0.4, 0.5) is 0 Å². The zero-order valence-electron chi connectivity index (χ0n) is 13.5. The van der Waals surface area contributed by atoms with Crippen molar-refractivity contribution < 1.29 is 0 Å². The topological polar surface area (TPSA) is 30.2 Å². The molecule has 0 atom stereocenters. The highest BCUT2D eigenvalue weighted by Crippen LogP contribution is 2.35. The molecular weight excluding hydrogens is 294 g/mol. The molecule has 24 heavy (non-hydrogen) atoms. The fraction of sp³-hybridized carbons (Fsp3) is 0.143. The first-order valence-corrected chi connectivity index (χ1v) is 8.44. The molecule has 3 aromatic rings. The average Bonchev–Trinajstić information content (AvgIpc) is 3.00. The highest BCUT2D eigenvalue weighted by Gasteiger charge is 2.20. The Morgan fingerprint density at radius 1 is 0.875 bits per heavy atom. The molecule has 2 aliphatic heterocycles. The maximum absolute atomic E-state index is 4.94. The summed E-state index contributed by atoms with van der Waals surface area (Å²) in [4.78, 5) is 9.73. The second-order valence-electron chi connectivity index (χ2n) is 6.23. The number of hydrogen-bond acceptors (Lipinski definition) is 2. The van der Waals surface area contributed by atoms with Crippen LogP contribution >= 0.6 is 0 Å². The number of benzene rings is 2. The summed E-state index contributed by atoms with van der Waals surface area (Å²) in [5.41, 5.74) is 4.52. The molecule has 0 saturated heterocycles. The summed E-state index contributed by atoms with van der Waals surface area (Å²) in [6.07, 6.45) is 4.25. The molecule has 1 aromatic heterocycles. The molecule has 0 N–H and O–H groups in total. The van der Waals surface area contributed by atoms with Gasteiger partial charge < -0.3 is 4.40 Å². The van der Waals surface area contributed by atoms with E-state index in [1.165, 1.54) is 27.4 Å². The Bertz CT molecular complexity index is 1170. The first-order chi connectivity index (χ1) is 11.9. The molecule has 0 amide bonds. The van der Waals surface area contributed by atoms with Crippen molar-refractivity contribution in [2.75, 3.05) is 0 Å². The van der Waals surface area contributed by atoms with Gasteiger partial charge in [-0.05, 0) is 23.9 Å². The first-order valence-electron chi connectivity index (χ1n) is 8.44. The number of pyridine rings is 1. The minimum Gasteiger partial charge on any atom is -0.304 e. The molecule has 0 spiro atoms. The molecule has 0 bridgehead atoms. The molecule has 0 saturated carbocycles. The predicted molar refractivity (Wildman–Crippen MR) is 98.6 cm³/mol. The maximum atomic E-state index is 4.94. The van der Waals surface area contributed by atoms with Crippen LogP contribution < -0.4 is 0 Å². The van der Waals surface area contributed by atoms with Crippen LogP contribution in [-0.4, -0.2) is 14.4 Å². The Balaban J connectivity index is 2.04. The second kappa shape index (κ2) is 5.03. The molecule has 2 aliphatic rings. The van der Waals surface area contributed by atoms with E-state index in [1.54, 1.807) is 0 Å². The summed E-state index contributed by atoms with van der Waals surface area (Å²) in [6.45, 7) is 2.22. The molecule has 0 aliphatic carbocycles. The van der Waals surface area contributed by atoms with Gasteiger partial charge in [0.1, 0.15) is 5.65 Å². The van der Waals surface area contributed by atoms with Crippen molar-refractivity contribution in [3.63, 3.8) is 0 Å². The Kier molecular flexibility index (Phi) is 2.83. The normalized spacial score (nSPS) is 11.9. The van der Waals surface area contributed by atoms with Crippen LogP contribution in [0.5, 0.6) is 0 Å². The lowest BCUT2D eigenvalue weighted by Gasteiger charge is -2.15. The van der Waals surface area contributed by atoms with Gasteiger partial charge in [-0.1, -0.05) is 55.8 Å². The van der Waals surface area contributed by atoms with E-state index in [2.05, 4.69) is 66.1 Å². The van der Waals surface area contributed by atoms with Crippen molar-refractivity contribution in [3.05, 3.63) is 66.5 Å². The molecule has 3 nitrogen and oxygen atoms in total. The van der Waals surface area contributed by atoms with E-state index in [0.717, 1.165) is 29.8 Å². The van der Waals surface area contributed by atoms with Crippen LogP contribution in [0.15, 0.2) is 60.8 Å². The lowest BCUT2D eigenvalue weighted by atomic mass is 10.0. The molecule has 0 unspecified atom stereocenters. The Hall–Kier alpha value is -2.94. The minimum absolute atomic E-state index is 0.857. The number of para-hydroxylation sites is 1. The van der Waals surface area contributed by atoms with Crippen LogP contribution in [0, 0.1) is 0 Å². The van der Waals surface area contributed by atoms with Crippen LogP contribution in [-0.2, 0) is 6.42 Å². The smallest absolute Gasteiger partial charge is 0.164 e. The first kappa shape index (κ1) is 13.5. The zero-order valence-corrected chi connectivity index (χ0v) is 13.5. The molecule has 116 valence electrons. The standard InChI is InChI=1S/C21H17N3/c1-2-7-18-19-16-10-5-6-11-17(16)22-20(19)23-21-15-9-4-3-8-14(15)12-13-24(18)21/h3-6,8-13H,2,7H2,1H3. The van der Waals surface area contributed by atoms with E-state index in [-0.39, 0.29) is 0 Å². The molecular formula is C21H17N3. The van der Waals surface area contributed by atoms with Gasteiger partial charge in [0.25, 0.3) is 0 Å². The molecule has 2 aromatic carbocycles. The lowest BCUT2D eigenvalue weighted by Crippen LogP contribution is -2.05. The fourth-order valence-corrected chi connectivity index (χ4v) is 3.67. The molecule has 5 rings (SSSR count). The number of fused-ring (bicyclic) bond motifs is 6. The van der Waals surface area contributed by atoms with Crippen molar-refractivity contribution in [3.8, 4) is 11.4 Å². The van der Waals surface area contributed by atoms with Gasteiger partial charge in [-0.25, -0.2) is 9.97 Å². The van der Waals surface area contributed by atoms with Crippen molar-refractivity contribution in [2.45, 2.75) is 19.8 Å². The number of aromatic nitrogens is 3. The summed E-state index contributed by atoms with van der Waals surface area (Å²) in [5.74, 6) is 0.857. The van der Waals surface area contributed by atoms with E-state index >= 15 is 0 Å². The number of hydrogen-bond donors (Lipinski definition) is 0. The van der Waals surface area contributed by atoms with E-state index in [9.17, 15) is 0 Å². The minimum atomic E-state index is 0.857. The largest absolute Gasteiger partial charge is 0.304 e. The third-order valence-corrected chi connectivity index (χ3v) is 4.73. The lowest BCUT2D eigenvalue weighted by molar-refractivity contribution is 0.853. The van der Waals surface area contributed by atoms with E-state index < -0.39 is 0 Å². The number of nitrogens with zero attached hydrogens (tertiary/aromatic N) is 3. The van der Waals surface area contributed by atoms with Crippen molar-refractivity contribution in [2.24, 2.45) is 0 Å². The average molecular weight is 311 g/mol. The molecule has 3 heteroatoms. The van der Waals surface area contributed by atoms with Crippen LogP contribution in [0.1, 0.15) is 19.0 Å². The SMILES string of the molecule is CCCc1c2c3ccccc3nc-2nc2c3ccccc3ccn12. The third-order valence-electron chi connectivity index (χ3n) is 4.73. The molecule has 3 heterocycles. The van der Waals surface area contributed by atoms with Gasteiger partial charge in [-0.15, -0.1) is 0 Å². The van der Waals surface area contributed by atoms with Crippen LogP contribution in [0.3, 0.4) is 0 Å². The molecule has 0 radical (unpaired) electrons. The summed E-state index contributed by atoms with van der Waals surface area (Å²) in [6, 6.07) is 18.9. The van der Waals surface area contributed by atoms with Crippen molar-refractivity contribution in [1.29, 1.82) is 0 Å². The van der Waals surface area contributed by atoms with E-state index in [1.807, 2.05) is 6.07 Å². The Labute approximate surface area is 139 Å². The second-order valence-corrected chi connectivity index (χ2v) is 6.23. The summed E-state index contributed by atoms with van der Waals surface area (Å²) in [7, 11) is 0. The summed E-state index contributed by atoms with van der Waals surface area (Å²) >= 11 is 0. The predicted octanol–water partition coefficient (Wildman–Crippen LogP) is 5.09. The highest BCUT2D eigenvalue weighted by atomic mass is 15.0.